The van der Waals surface area contributed by atoms with E-state index in [0.717, 1.165) is 29.8 Å². The van der Waals surface area contributed by atoms with Gasteiger partial charge in [-0.3, -0.25) is 0 Å². The number of rotatable bonds is 8. The maximum atomic E-state index is 12.7. The fourth-order valence-electron chi connectivity index (χ4n) is 2.42. The normalized spacial score (nSPS) is 11.9. The van der Waals surface area contributed by atoms with Gasteiger partial charge in [0.25, 0.3) is 0 Å². The third kappa shape index (κ3) is 4.18. The molecular formula is C15H26N2O3S. The molecule has 5 nitrogen and oxygen atoms in total. The van der Waals surface area contributed by atoms with Crippen LogP contribution in [0.2, 0.25) is 0 Å². The number of hydrogen-bond donors (Lipinski definition) is 2. The number of anilines is 1. The molecule has 0 heterocycles. The molecule has 6 heteroatoms. The molecule has 0 aromatic heterocycles. The summed E-state index contributed by atoms with van der Waals surface area (Å²) in [4.78, 5) is 0.347. The van der Waals surface area contributed by atoms with Crippen molar-refractivity contribution in [3.8, 4) is 0 Å². The van der Waals surface area contributed by atoms with E-state index in [9.17, 15) is 8.42 Å². The van der Waals surface area contributed by atoms with Gasteiger partial charge in [-0.1, -0.05) is 13.8 Å². The Morgan fingerprint density at radius 1 is 1.19 bits per heavy atom. The lowest BCUT2D eigenvalue weighted by atomic mass is 10.1. The number of hydrogen-bond acceptors (Lipinski definition) is 4. The van der Waals surface area contributed by atoms with Gasteiger partial charge in [-0.25, -0.2) is 8.42 Å². The molecule has 1 aromatic rings. The minimum absolute atomic E-state index is 0.119. The number of sulfonamides is 1. The highest BCUT2D eigenvalue weighted by Gasteiger charge is 2.26. The van der Waals surface area contributed by atoms with Crippen molar-refractivity contribution in [2.75, 3.05) is 31.6 Å². The Labute approximate surface area is 128 Å². The summed E-state index contributed by atoms with van der Waals surface area (Å²) in [5.74, 6) is 0. The molecule has 21 heavy (non-hydrogen) atoms. The maximum absolute atomic E-state index is 12.7. The molecule has 0 unspecified atom stereocenters. The minimum atomic E-state index is -3.57. The Morgan fingerprint density at radius 3 is 2.19 bits per heavy atom. The first-order chi connectivity index (χ1) is 9.88. The largest absolute Gasteiger partial charge is 0.395 e. The van der Waals surface area contributed by atoms with Crippen LogP contribution in [0.1, 0.15) is 31.4 Å². The summed E-state index contributed by atoms with van der Waals surface area (Å²) in [5, 5.41) is 12.3. The van der Waals surface area contributed by atoms with Crippen molar-refractivity contribution in [3.63, 3.8) is 0 Å². The lowest BCUT2D eigenvalue weighted by molar-refractivity contribution is 0.257. The van der Waals surface area contributed by atoms with Gasteiger partial charge in [0.1, 0.15) is 0 Å². The van der Waals surface area contributed by atoms with Crippen LogP contribution < -0.4 is 5.32 Å². The molecular weight excluding hydrogens is 288 g/mol. The molecule has 0 amide bonds. The highest BCUT2D eigenvalue weighted by atomic mass is 32.2. The van der Waals surface area contributed by atoms with E-state index in [2.05, 4.69) is 12.2 Å². The molecule has 0 aliphatic heterocycles. The molecule has 0 fully saturated rings. The van der Waals surface area contributed by atoms with Gasteiger partial charge < -0.3 is 10.4 Å². The van der Waals surface area contributed by atoms with E-state index in [0.29, 0.717) is 11.4 Å². The van der Waals surface area contributed by atoms with Crippen LogP contribution in [0.25, 0.3) is 0 Å². The van der Waals surface area contributed by atoms with Gasteiger partial charge in [0, 0.05) is 25.3 Å². The van der Waals surface area contributed by atoms with Crippen molar-refractivity contribution in [2.24, 2.45) is 0 Å². The van der Waals surface area contributed by atoms with Crippen LogP contribution in [0, 0.1) is 13.8 Å². The molecule has 1 aromatic carbocycles. The summed E-state index contributed by atoms with van der Waals surface area (Å²) < 4.78 is 26.7. The van der Waals surface area contributed by atoms with Gasteiger partial charge in [0.05, 0.1) is 11.5 Å². The zero-order valence-corrected chi connectivity index (χ0v) is 14.1. The number of aliphatic hydroxyl groups is 1. The molecule has 0 saturated heterocycles. The second kappa shape index (κ2) is 7.77. The van der Waals surface area contributed by atoms with Crippen LogP contribution in [0.4, 0.5) is 5.69 Å². The zero-order valence-electron chi connectivity index (χ0n) is 13.3. The first kappa shape index (κ1) is 17.9. The van der Waals surface area contributed by atoms with E-state index in [4.69, 9.17) is 5.11 Å². The molecule has 1 rings (SSSR count). The van der Waals surface area contributed by atoms with Crippen molar-refractivity contribution in [3.05, 3.63) is 23.3 Å². The van der Waals surface area contributed by atoms with Gasteiger partial charge >= 0.3 is 0 Å². The fraction of sp³-hybridized carbons (Fsp3) is 0.600. The quantitative estimate of drug-likeness (QED) is 0.771. The van der Waals surface area contributed by atoms with Gasteiger partial charge in [-0.05, 0) is 43.5 Å². The zero-order chi connectivity index (χ0) is 16.0. The number of benzene rings is 1. The highest BCUT2D eigenvalue weighted by molar-refractivity contribution is 7.89. The Balaban J connectivity index is 3.24. The lowest BCUT2D eigenvalue weighted by Gasteiger charge is -2.22. The predicted octanol–water partition coefficient (Wildman–Crippen LogP) is 2.13. The molecule has 0 atom stereocenters. The van der Waals surface area contributed by atoms with Crippen molar-refractivity contribution >= 4 is 15.7 Å². The number of nitrogens with one attached hydrogen (secondary N) is 1. The lowest BCUT2D eigenvalue weighted by Crippen LogP contribution is -2.34. The standard InChI is InChI=1S/C15H26N2O3S/c1-5-7-16-14-10-12(3)15(13(4)11-14)21(19,20)17(6-2)8-9-18/h10-11,16,18H,5-9H2,1-4H3. The molecule has 120 valence electrons. The summed E-state index contributed by atoms with van der Waals surface area (Å²) in [7, 11) is -3.57. The van der Waals surface area contributed by atoms with E-state index in [-0.39, 0.29) is 13.2 Å². The summed E-state index contributed by atoms with van der Waals surface area (Å²) >= 11 is 0. The summed E-state index contributed by atoms with van der Waals surface area (Å²) in [6, 6.07) is 3.73. The first-order valence-electron chi connectivity index (χ1n) is 7.34. The average Bonchev–Trinajstić information content (AvgIpc) is 2.41. The number of aryl methyl sites for hydroxylation is 2. The third-order valence-electron chi connectivity index (χ3n) is 3.34. The predicted molar refractivity (Wildman–Crippen MR) is 86.2 cm³/mol. The van der Waals surface area contributed by atoms with E-state index < -0.39 is 10.0 Å². The molecule has 0 aliphatic rings. The summed E-state index contributed by atoms with van der Waals surface area (Å²) in [5.41, 5.74) is 2.39. The summed E-state index contributed by atoms with van der Waals surface area (Å²) in [6.07, 6.45) is 1.01. The Bertz CT molecular complexity index is 547. The van der Waals surface area contributed by atoms with Crippen molar-refractivity contribution in [1.82, 2.24) is 4.31 Å². The second-order valence-electron chi connectivity index (χ2n) is 5.09. The van der Waals surface area contributed by atoms with E-state index in [1.54, 1.807) is 6.92 Å². The van der Waals surface area contributed by atoms with E-state index >= 15 is 0 Å². The summed E-state index contributed by atoms with van der Waals surface area (Å²) in [6.45, 7) is 8.62. The smallest absolute Gasteiger partial charge is 0.243 e. The SMILES string of the molecule is CCCNc1cc(C)c(S(=O)(=O)N(CC)CCO)c(C)c1. The fourth-order valence-corrected chi connectivity index (χ4v) is 4.27. The van der Waals surface area contributed by atoms with Crippen LogP contribution >= 0.6 is 0 Å². The Hall–Kier alpha value is -1.11. The monoisotopic (exact) mass is 314 g/mol. The van der Waals surface area contributed by atoms with Crippen LogP contribution in [0.3, 0.4) is 0 Å². The van der Waals surface area contributed by atoms with Crippen LogP contribution in [0.5, 0.6) is 0 Å². The van der Waals surface area contributed by atoms with Gasteiger partial charge in [-0.2, -0.15) is 4.31 Å². The van der Waals surface area contributed by atoms with Gasteiger partial charge in [0.15, 0.2) is 0 Å². The number of nitrogens with zero attached hydrogens (tertiary/aromatic N) is 1. The minimum Gasteiger partial charge on any atom is -0.395 e. The van der Waals surface area contributed by atoms with Crippen molar-refractivity contribution in [2.45, 2.75) is 39.0 Å². The molecule has 0 spiro atoms. The number of aliphatic hydroxyl groups excluding tert-OH is 1. The Kier molecular flexibility index (Phi) is 6.64. The van der Waals surface area contributed by atoms with E-state index in [1.807, 2.05) is 26.0 Å². The third-order valence-corrected chi connectivity index (χ3v) is 5.62. The van der Waals surface area contributed by atoms with Gasteiger partial charge in [-0.15, -0.1) is 0 Å². The highest BCUT2D eigenvalue weighted by Crippen LogP contribution is 2.27. The van der Waals surface area contributed by atoms with Crippen LogP contribution in [0.15, 0.2) is 17.0 Å². The molecule has 0 saturated carbocycles. The molecule has 0 aliphatic carbocycles. The molecule has 0 radical (unpaired) electrons. The second-order valence-corrected chi connectivity index (χ2v) is 6.96. The maximum Gasteiger partial charge on any atom is 0.243 e. The van der Waals surface area contributed by atoms with Crippen molar-refractivity contribution in [1.29, 1.82) is 0 Å². The molecule has 2 N–H and O–H groups in total. The average molecular weight is 314 g/mol. The van der Waals surface area contributed by atoms with Gasteiger partial charge in [0.2, 0.25) is 10.0 Å². The number of likely N-dealkylation sites (N-methyl/N-ethyl adjacent to an activating group) is 1. The van der Waals surface area contributed by atoms with Crippen LogP contribution in [-0.4, -0.2) is 44.1 Å². The topological polar surface area (TPSA) is 69.6 Å². The Morgan fingerprint density at radius 2 is 1.76 bits per heavy atom. The molecule has 0 bridgehead atoms. The van der Waals surface area contributed by atoms with Crippen LogP contribution in [-0.2, 0) is 10.0 Å². The van der Waals surface area contributed by atoms with Crippen molar-refractivity contribution < 1.29 is 13.5 Å². The van der Waals surface area contributed by atoms with E-state index in [1.165, 1.54) is 4.31 Å². The first-order valence-corrected chi connectivity index (χ1v) is 8.78.